The third kappa shape index (κ3) is 3.44. The number of hydrogen-bond acceptors (Lipinski definition) is 1. The highest BCUT2D eigenvalue weighted by molar-refractivity contribution is 7.26. The van der Waals surface area contributed by atoms with Crippen molar-refractivity contribution in [2.75, 3.05) is 0 Å². The van der Waals surface area contributed by atoms with Crippen molar-refractivity contribution in [3.05, 3.63) is 157 Å². The number of fused-ring (bicyclic) bond motifs is 11. The second kappa shape index (κ2) is 9.39. The van der Waals surface area contributed by atoms with Crippen molar-refractivity contribution in [2.45, 2.75) is 19.3 Å². The summed E-state index contributed by atoms with van der Waals surface area (Å²) < 4.78 is 2.72. The quantitative estimate of drug-likeness (QED) is 0.173. The smallest absolute Gasteiger partial charge is 0.0361 e. The van der Waals surface area contributed by atoms with Gasteiger partial charge in [0.05, 0.1) is 0 Å². The Morgan fingerprint density at radius 1 is 0.391 bits per heavy atom. The molecular weight excluding hydrogens is 573 g/mol. The van der Waals surface area contributed by atoms with Gasteiger partial charge in [-0.15, -0.1) is 11.3 Å². The Morgan fingerprint density at radius 3 is 1.65 bits per heavy atom. The van der Waals surface area contributed by atoms with E-state index in [0.717, 1.165) is 0 Å². The van der Waals surface area contributed by atoms with Crippen LogP contribution in [0.2, 0.25) is 0 Å². The summed E-state index contributed by atoms with van der Waals surface area (Å²) in [6, 6.07) is 54.4. The normalized spacial score (nSPS) is 13.6. The van der Waals surface area contributed by atoms with E-state index in [9.17, 15) is 0 Å². The summed E-state index contributed by atoms with van der Waals surface area (Å²) in [4.78, 5) is 0. The minimum Gasteiger partial charge on any atom is -0.135 e. The van der Waals surface area contributed by atoms with Gasteiger partial charge in [-0.25, -0.2) is 0 Å². The fraction of sp³-hybridized carbons (Fsp3) is 0.0667. The van der Waals surface area contributed by atoms with Crippen LogP contribution in [-0.4, -0.2) is 0 Å². The highest BCUT2D eigenvalue weighted by Gasteiger charge is 2.37. The zero-order valence-electron chi connectivity index (χ0n) is 25.8. The first-order valence-corrected chi connectivity index (χ1v) is 16.9. The number of thiophene rings is 1. The van der Waals surface area contributed by atoms with Crippen LogP contribution >= 0.6 is 11.3 Å². The molecule has 0 fully saturated rings. The minimum absolute atomic E-state index is 0.115. The van der Waals surface area contributed by atoms with Gasteiger partial charge in [-0.3, -0.25) is 0 Å². The molecule has 1 aromatic heterocycles. The van der Waals surface area contributed by atoms with Gasteiger partial charge < -0.3 is 0 Å². The Bertz CT molecular complexity index is 2650. The van der Waals surface area contributed by atoms with Gasteiger partial charge in [0.25, 0.3) is 0 Å². The third-order valence-corrected chi connectivity index (χ3v) is 11.6. The van der Waals surface area contributed by atoms with E-state index >= 15 is 0 Å². The number of benzene rings is 8. The van der Waals surface area contributed by atoms with Crippen LogP contribution in [0.25, 0.3) is 85.9 Å². The molecule has 1 heteroatoms. The Hall–Kier alpha value is -5.24. The molecule has 0 radical (unpaired) electrons. The topological polar surface area (TPSA) is 0 Å². The lowest BCUT2D eigenvalue weighted by molar-refractivity contribution is 0.661. The van der Waals surface area contributed by atoms with Gasteiger partial charge in [0, 0.05) is 25.6 Å². The summed E-state index contributed by atoms with van der Waals surface area (Å²) in [6.07, 6.45) is 0. The van der Waals surface area contributed by atoms with Crippen LogP contribution in [0.15, 0.2) is 146 Å². The Morgan fingerprint density at radius 2 is 0.957 bits per heavy atom. The largest absolute Gasteiger partial charge is 0.135 e. The molecule has 46 heavy (non-hydrogen) atoms. The lowest BCUT2D eigenvalue weighted by Gasteiger charge is -2.23. The van der Waals surface area contributed by atoms with Gasteiger partial charge >= 0.3 is 0 Å². The molecule has 0 spiro atoms. The van der Waals surface area contributed by atoms with Crippen LogP contribution in [0.1, 0.15) is 25.0 Å². The summed E-state index contributed by atoms with van der Waals surface area (Å²) in [7, 11) is 0. The SMILES string of the molecule is CC1(C)c2cc(-c3c4ccccc4c(-c4ccccc4)c4ccccc34)ccc2-c2c1ccc1c2ccc2sc3ccccc3c21. The monoisotopic (exact) mass is 602 g/mol. The van der Waals surface area contributed by atoms with Crippen molar-refractivity contribution in [3.63, 3.8) is 0 Å². The van der Waals surface area contributed by atoms with E-state index in [1.54, 1.807) is 0 Å². The molecule has 0 saturated heterocycles. The molecule has 0 unspecified atom stereocenters. The first-order chi connectivity index (χ1) is 22.6. The second-order valence-corrected chi connectivity index (χ2v) is 14.3. The number of rotatable bonds is 2. The van der Waals surface area contributed by atoms with Crippen LogP contribution < -0.4 is 0 Å². The molecular formula is C45H30S. The van der Waals surface area contributed by atoms with Crippen LogP contribution in [0.3, 0.4) is 0 Å². The summed E-state index contributed by atoms with van der Waals surface area (Å²) in [5.41, 5.74) is 10.6. The summed E-state index contributed by atoms with van der Waals surface area (Å²) in [5, 5.41) is 10.6. The molecule has 0 N–H and O–H groups in total. The predicted molar refractivity (Wildman–Crippen MR) is 200 cm³/mol. The molecule has 1 aliphatic rings. The molecule has 9 aromatic rings. The van der Waals surface area contributed by atoms with Crippen LogP contribution in [0.5, 0.6) is 0 Å². The maximum Gasteiger partial charge on any atom is 0.0361 e. The molecule has 1 aliphatic carbocycles. The predicted octanol–water partition coefficient (Wildman–Crippen LogP) is 13.2. The van der Waals surface area contributed by atoms with Crippen molar-refractivity contribution < 1.29 is 0 Å². The van der Waals surface area contributed by atoms with E-state index in [2.05, 4.69) is 159 Å². The average molecular weight is 603 g/mol. The Labute approximate surface area is 272 Å². The van der Waals surface area contributed by atoms with Gasteiger partial charge in [-0.1, -0.05) is 141 Å². The number of hydrogen-bond donors (Lipinski definition) is 0. The molecule has 1 heterocycles. The average Bonchev–Trinajstić information content (AvgIpc) is 3.59. The van der Waals surface area contributed by atoms with Gasteiger partial charge in [-0.2, -0.15) is 0 Å². The maximum atomic E-state index is 2.50. The zero-order chi connectivity index (χ0) is 30.6. The zero-order valence-corrected chi connectivity index (χ0v) is 26.6. The first-order valence-electron chi connectivity index (χ1n) is 16.1. The molecule has 0 bridgehead atoms. The fourth-order valence-electron chi connectivity index (χ4n) is 8.38. The highest BCUT2D eigenvalue weighted by Crippen LogP contribution is 2.54. The van der Waals surface area contributed by atoms with E-state index in [-0.39, 0.29) is 5.41 Å². The Balaban J connectivity index is 1.25. The second-order valence-electron chi connectivity index (χ2n) is 13.2. The van der Waals surface area contributed by atoms with Crippen molar-refractivity contribution >= 4 is 63.8 Å². The molecule has 10 rings (SSSR count). The van der Waals surface area contributed by atoms with Crippen LogP contribution in [0, 0.1) is 0 Å². The van der Waals surface area contributed by atoms with Crippen molar-refractivity contribution in [1.29, 1.82) is 0 Å². The Kier molecular flexibility index (Phi) is 5.31. The molecule has 0 amide bonds. The van der Waals surface area contributed by atoms with E-state index in [4.69, 9.17) is 0 Å². The van der Waals surface area contributed by atoms with Gasteiger partial charge in [0.1, 0.15) is 0 Å². The maximum absolute atomic E-state index is 2.50. The minimum atomic E-state index is -0.115. The van der Waals surface area contributed by atoms with E-state index < -0.39 is 0 Å². The molecule has 0 nitrogen and oxygen atoms in total. The van der Waals surface area contributed by atoms with E-state index in [0.29, 0.717) is 0 Å². The van der Waals surface area contributed by atoms with Gasteiger partial charge in [0.2, 0.25) is 0 Å². The molecule has 216 valence electrons. The highest BCUT2D eigenvalue weighted by atomic mass is 32.1. The molecule has 0 aliphatic heterocycles. The van der Waals surface area contributed by atoms with Gasteiger partial charge in [-0.05, 0) is 95.0 Å². The van der Waals surface area contributed by atoms with Crippen LogP contribution in [-0.2, 0) is 5.41 Å². The molecule has 8 aromatic carbocycles. The van der Waals surface area contributed by atoms with Gasteiger partial charge in [0.15, 0.2) is 0 Å². The first kappa shape index (κ1) is 26.0. The van der Waals surface area contributed by atoms with E-state index in [1.165, 1.54) is 97.0 Å². The fourth-order valence-corrected chi connectivity index (χ4v) is 9.50. The standard InChI is InChI=1S/C45H30S/c1-45(2)37-24-22-34-33(23-25-40-44(34)36-18-10-11-19-39(36)46-40)43(37)35-21-20-28(26-38(35)45)42-31-16-8-6-14-29(31)41(27-12-4-3-5-13-27)30-15-7-9-17-32(30)42/h3-26H,1-2H3. The summed E-state index contributed by atoms with van der Waals surface area (Å²) >= 11 is 1.90. The third-order valence-electron chi connectivity index (χ3n) is 10.5. The lowest BCUT2D eigenvalue weighted by Crippen LogP contribution is -2.15. The van der Waals surface area contributed by atoms with Crippen molar-refractivity contribution in [3.8, 4) is 33.4 Å². The molecule has 0 atom stereocenters. The van der Waals surface area contributed by atoms with Crippen molar-refractivity contribution in [2.24, 2.45) is 0 Å². The van der Waals surface area contributed by atoms with E-state index in [1.807, 2.05) is 11.3 Å². The lowest BCUT2D eigenvalue weighted by atomic mass is 9.80. The summed E-state index contributed by atoms with van der Waals surface area (Å²) in [6.45, 7) is 4.81. The summed E-state index contributed by atoms with van der Waals surface area (Å²) in [5.74, 6) is 0. The molecule has 0 saturated carbocycles. The van der Waals surface area contributed by atoms with Crippen LogP contribution in [0.4, 0.5) is 0 Å². The van der Waals surface area contributed by atoms with Crippen molar-refractivity contribution in [1.82, 2.24) is 0 Å².